The summed E-state index contributed by atoms with van der Waals surface area (Å²) >= 11 is 0. The number of carbonyl (C=O) groups excluding carboxylic acids is 2. The van der Waals surface area contributed by atoms with E-state index in [4.69, 9.17) is 0 Å². The second-order valence-corrected chi connectivity index (χ2v) is 6.68. The van der Waals surface area contributed by atoms with Crippen LogP contribution in [0.4, 0.5) is 10.1 Å². The molecule has 6 nitrogen and oxygen atoms in total. The van der Waals surface area contributed by atoms with Gasteiger partial charge in [-0.2, -0.15) is 0 Å². The Balaban J connectivity index is 2.01. The van der Waals surface area contributed by atoms with Crippen molar-refractivity contribution in [2.75, 3.05) is 32.5 Å². The third-order valence-electron chi connectivity index (χ3n) is 4.19. The molecular weight excluding hydrogens is 337 g/mol. The van der Waals surface area contributed by atoms with Gasteiger partial charge < -0.3 is 15.3 Å². The van der Waals surface area contributed by atoms with Gasteiger partial charge in [-0.05, 0) is 38.7 Å². The molecule has 0 spiro atoms. The highest BCUT2D eigenvalue weighted by Crippen LogP contribution is 2.26. The van der Waals surface area contributed by atoms with Gasteiger partial charge in [0, 0.05) is 31.3 Å². The normalized spacial score (nSPS) is 18.0. The summed E-state index contributed by atoms with van der Waals surface area (Å²) in [6, 6.07) is 4.40. The molecule has 0 heterocycles. The van der Waals surface area contributed by atoms with Crippen molar-refractivity contribution in [2.45, 2.75) is 19.8 Å². The molecule has 0 saturated heterocycles. The molecule has 1 amide bonds. The lowest BCUT2D eigenvalue weighted by atomic mass is 9.87. The lowest BCUT2D eigenvalue weighted by Crippen LogP contribution is -2.30. The molecule has 7 heteroatoms. The van der Waals surface area contributed by atoms with Crippen LogP contribution in [-0.2, 0) is 9.59 Å². The van der Waals surface area contributed by atoms with Crippen LogP contribution in [0, 0.1) is 18.7 Å². The Bertz CT molecular complexity index is 756. The van der Waals surface area contributed by atoms with Crippen molar-refractivity contribution in [3.8, 4) is 0 Å². The van der Waals surface area contributed by atoms with Crippen molar-refractivity contribution in [1.29, 1.82) is 0 Å². The highest BCUT2D eigenvalue weighted by atomic mass is 19.1. The van der Waals surface area contributed by atoms with E-state index >= 15 is 0 Å². The summed E-state index contributed by atoms with van der Waals surface area (Å²) in [5, 5.41) is 12.7. The molecule has 0 aromatic heterocycles. The van der Waals surface area contributed by atoms with Crippen LogP contribution >= 0.6 is 0 Å². The number of likely N-dealkylation sites (N-methyl/N-ethyl adjacent to an activating group) is 1. The third kappa shape index (κ3) is 5.23. The fraction of sp³-hybridized carbons (Fsp3) is 0.421. The summed E-state index contributed by atoms with van der Waals surface area (Å²) < 4.78 is 13.6. The van der Waals surface area contributed by atoms with Crippen LogP contribution in [0.1, 0.15) is 18.4 Å². The number of rotatable bonds is 6. The molecule has 0 aliphatic heterocycles. The van der Waals surface area contributed by atoms with E-state index in [1.54, 1.807) is 19.1 Å². The number of Topliss-reactive ketones (excluding diaryl/α,β-unsaturated/α-hetero) is 1. The van der Waals surface area contributed by atoms with Crippen LogP contribution in [0.15, 0.2) is 34.5 Å². The number of nitrogens with zero attached hydrogens (tertiary/aromatic N) is 2. The van der Waals surface area contributed by atoms with Crippen molar-refractivity contribution >= 4 is 23.6 Å². The number of hydrogen-bond acceptors (Lipinski definition) is 5. The molecule has 0 bridgehead atoms. The number of aryl methyl sites for hydroxylation is 1. The number of anilines is 1. The fourth-order valence-corrected chi connectivity index (χ4v) is 2.57. The van der Waals surface area contributed by atoms with E-state index in [0.29, 0.717) is 17.8 Å². The average Bonchev–Trinajstić information content (AvgIpc) is 2.56. The standard InChI is InChI=1S/C19H24FN3O3/c1-12-4-5-14(10-16(12)20)22-19(26)13-8-17(24)15(18(25)9-13)11-21-6-7-23(2)3/h4-5,10-11,13,24H,6-9H2,1-3H3,(H,22,26). The zero-order valence-corrected chi connectivity index (χ0v) is 15.3. The van der Waals surface area contributed by atoms with Crippen LogP contribution in [0.5, 0.6) is 0 Å². The molecule has 140 valence electrons. The molecule has 1 unspecified atom stereocenters. The van der Waals surface area contributed by atoms with Crippen LogP contribution in [-0.4, -0.2) is 55.1 Å². The Hall–Kier alpha value is -2.54. The van der Waals surface area contributed by atoms with E-state index in [0.717, 1.165) is 6.54 Å². The van der Waals surface area contributed by atoms with Crippen molar-refractivity contribution < 1.29 is 19.1 Å². The number of nitrogens with one attached hydrogen (secondary N) is 1. The van der Waals surface area contributed by atoms with E-state index in [2.05, 4.69) is 10.3 Å². The molecule has 0 saturated carbocycles. The molecular formula is C19H24FN3O3. The summed E-state index contributed by atoms with van der Waals surface area (Å²) in [4.78, 5) is 30.7. The van der Waals surface area contributed by atoms with Gasteiger partial charge in [0.15, 0.2) is 5.78 Å². The molecule has 1 aromatic rings. The summed E-state index contributed by atoms with van der Waals surface area (Å²) in [7, 11) is 3.84. The maximum atomic E-state index is 13.6. The zero-order chi connectivity index (χ0) is 19.3. The molecule has 1 atom stereocenters. The number of aliphatic imine (C=N–C) groups is 1. The van der Waals surface area contributed by atoms with Crippen molar-refractivity contribution in [1.82, 2.24) is 4.90 Å². The number of benzene rings is 1. The number of ketones is 1. The van der Waals surface area contributed by atoms with Gasteiger partial charge in [0.1, 0.15) is 11.6 Å². The number of aliphatic hydroxyl groups is 1. The first-order valence-corrected chi connectivity index (χ1v) is 8.44. The molecule has 2 rings (SSSR count). The van der Waals surface area contributed by atoms with Gasteiger partial charge >= 0.3 is 0 Å². The highest BCUT2D eigenvalue weighted by molar-refractivity contribution is 6.15. The number of amides is 1. The molecule has 0 radical (unpaired) electrons. The molecule has 1 aliphatic rings. The third-order valence-corrected chi connectivity index (χ3v) is 4.19. The number of carbonyl (C=O) groups is 2. The lowest BCUT2D eigenvalue weighted by molar-refractivity contribution is -0.125. The molecule has 2 N–H and O–H groups in total. The Morgan fingerprint density at radius 2 is 2.15 bits per heavy atom. The topological polar surface area (TPSA) is 82.0 Å². The van der Waals surface area contributed by atoms with Crippen molar-refractivity contribution in [2.24, 2.45) is 10.9 Å². The Labute approximate surface area is 152 Å². The Kier molecular flexibility index (Phi) is 6.63. The van der Waals surface area contributed by atoms with E-state index in [1.807, 2.05) is 19.0 Å². The summed E-state index contributed by atoms with van der Waals surface area (Å²) in [6.45, 7) is 2.88. The first kappa shape index (κ1) is 19.8. The van der Waals surface area contributed by atoms with Crippen LogP contribution in [0.2, 0.25) is 0 Å². The summed E-state index contributed by atoms with van der Waals surface area (Å²) in [6.07, 6.45) is 1.42. The maximum absolute atomic E-state index is 13.6. The Morgan fingerprint density at radius 1 is 1.42 bits per heavy atom. The minimum atomic E-state index is -0.689. The monoisotopic (exact) mass is 361 g/mol. The number of aliphatic hydroxyl groups excluding tert-OH is 1. The van der Waals surface area contributed by atoms with Gasteiger partial charge in [-0.3, -0.25) is 14.6 Å². The van der Waals surface area contributed by atoms with E-state index in [-0.39, 0.29) is 30.0 Å². The predicted octanol–water partition coefficient (Wildman–Crippen LogP) is 2.50. The maximum Gasteiger partial charge on any atom is 0.228 e. The SMILES string of the molecule is Cc1ccc(NC(=O)C2CC(=O)C(C=NCCN(C)C)=C(O)C2)cc1F. The van der Waals surface area contributed by atoms with Crippen molar-refractivity contribution in [3.63, 3.8) is 0 Å². The van der Waals surface area contributed by atoms with Gasteiger partial charge in [0.05, 0.1) is 18.0 Å². The van der Waals surface area contributed by atoms with Gasteiger partial charge in [0.2, 0.25) is 5.91 Å². The van der Waals surface area contributed by atoms with E-state index in [9.17, 15) is 19.1 Å². The first-order valence-electron chi connectivity index (χ1n) is 8.44. The number of allylic oxidation sites excluding steroid dienone is 2. The Morgan fingerprint density at radius 3 is 2.77 bits per heavy atom. The quantitative estimate of drug-likeness (QED) is 0.763. The average molecular weight is 361 g/mol. The van der Waals surface area contributed by atoms with Gasteiger partial charge in [-0.25, -0.2) is 4.39 Å². The van der Waals surface area contributed by atoms with E-state index < -0.39 is 17.6 Å². The number of halogens is 1. The summed E-state index contributed by atoms with van der Waals surface area (Å²) in [5.74, 6) is -1.98. The molecule has 1 aliphatic carbocycles. The predicted molar refractivity (Wildman–Crippen MR) is 99.1 cm³/mol. The zero-order valence-electron chi connectivity index (χ0n) is 15.3. The van der Waals surface area contributed by atoms with Gasteiger partial charge in [-0.15, -0.1) is 0 Å². The summed E-state index contributed by atoms with van der Waals surface area (Å²) in [5.41, 5.74) is 0.967. The van der Waals surface area contributed by atoms with Crippen LogP contribution in [0.25, 0.3) is 0 Å². The highest BCUT2D eigenvalue weighted by Gasteiger charge is 2.31. The first-order chi connectivity index (χ1) is 12.3. The number of hydrogen-bond donors (Lipinski definition) is 2. The smallest absolute Gasteiger partial charge is 0.228 e. The fourth-order valence-electron chi connectivity index (χ4n) is 2.57. The minimum absolute atomic E-state index is 0.0146. The second kappa shape index (κ2) is 8.71. The molecule has 0 fully saturated rings. The van der Waals surface area contributed by atoms with Crippen LogP contribution in [0.3, 0.4) is 0 Å². The van der Waals surface area contributed by atoms with Crippen molar-refractivity contribution in [3.05, 3.63) is 40.9 Å². The molecule has 1 aromatic carbocycles. The minimum Gasteiger partial charge on any atom is -0.511 e. The molecule has 26 heavy (non-hydrogen) atoms. The van der Waals surface area contributed by atoms with Gasteiger partial charge in [0.25, 0.3) is 0 Å². The largest absolute Gasteiger partial charge is 0.511 e. The van der Waals surface area contributed by atoms with Crippen LogP contribution < -0.4 is 5.32 Å². The lowest BCUT2D eigenvalue weighted by Gasteiger charge is -2.21. The van der Waals surface area contributed by atoms with E-state index in [1.165, 1.54) is 12.3 Å². The van der Waals surface area contributed by atoms with Gasteiger partial charge in [-0.1, -0.05) is 6.07 Å². The second-order valence-electron chi connectivity index (χ2n) is 6.68.